The van der Waals surface area contributed by atoms with Crippen LogP contribution in [0, 0.1) is 5.41 Å². The molecule has 2 amide bonds. The van der Waals surface area contributed by atoms with Gasteiger partial charge < -0.3 is 74.1 Å². The summed E-state index contributed by atoms with van der Waals surface area (Å²) in [5.41, 5.74) is 4.04. The summed E-state index contributed by atoms with van der Waals surface area (Å²) in [6.07, 6.45) is -7.74. The van der Waals surface area contributed by atoms with Crippen molar-refractivity contribution in [2.75, 3.05) is 37.8 Å². The Hall–Kier alpha value is -2.48. The number of nitrogens with one attached hydrogen (secondary N) is 2. The zero-order valence-electron chi connectivity index (χ0n) is 29.4. The lowest BCUT2D eigenvalue weighted by atomic mass is 9.87. The number of thioether (sulfide) groups is 1. The number of imidazole rings is 1. The zero-order valence-corrected chi connectivity index (χ0v) is 32.9. The van der Waals surface area contributed by atoms with Gasteiger partial charge in [-0.3, -0.25) is 28.1 Å². The number of amides is 2. The van der Waals surface area contributed by atoms with E-state index < -0.39 is 90.7 Å². The van der Waals surface area contributed by atoms with E-state index in [2.05, 4.69) is 43.5 Å². The van der Waals surface area contributed by atoms with E-state index in [1.165, 1.54) is 13.8 Å². The van der Waals surface area contributed by atoms with Gasteiger partial charge in [-0.1, -0.05) is 25.6 Å². The van der Waals surface area contributed by atoms with Crippen molar-refractivity contribution in [1.29, 1.82) is 0 Å². The van der Waals surface area contributed by atoms with Crippen LogP contribution in [-0.4, -0.2) is 114 Å². The van der Waals surface area contributed by atoms with Crippen molar-refractivity contribution in [2.24, 2.45) is 5.41 Å². The van der Waals surface area contributed by atoms with E-state index in [9.17, 15) is 63.0 Å². The fraction of sp³-hybridized carbons (Fsp3) is 0.692. The third-order valence-electron chi connectivity index (χ3n) is 7.51. The summed E-state index contributed by atoms with van der Waals surface area (Å²) >= 11 is 0.989. The zero-order chi connectivity index (χ0) is 41.4. The molecule has 25 nitrogen and oxygen atoms in total. The average molecular weight is 864 g/mol. The highest BCUT2D eigenvalue weighted by Crippen LogP contribution is 2.56. The number of carbonyl (C=O) groups is 3. The maximum absolute atomic E-state index is 12.5. The highest BCUT2D eigenvalue weighted by molar-refractivity contribution is 8.13. The highest BCUT2D eigenvalue weighted by atomic mass is 32.2. The van der Waals surface area contributed by atoms with Crippen LogP contribution >= 0.6 is 35.2 Å². The minimum atomic E-state index is -5.92. The van der Waals surface area contributed by atoms with Gasteiger partial charge in [-0.2, -0.15) is 0 Å². The van der Waals surface area contributed by atoms with Gasteiger partial charge in [0.2, 0.25) is 11.8 Å². The minimum Gasteiger partial charge on any atom is -0.790 e. The smallest absolute Gasteiger partial charge is 0.274 e. The molecule has 0 aromatic carbocycles. The first kappa shape index (κ1) is 46.9. The lowest BCUT2D eigenvalue weighted by molar-refractivity contribution is -0.347. The van der Waals surface area contributed by atoms with Crippen LogP contribution in [-0.2, 0) is 50.7 Å². The number of hydrogen-bond donors (Lipinski definition) is 6. The summed E-state index contributed by atoms with van der Waals surface area (Å²) in [6, 6.07) is 0. The van der Waals surface area contributed by atoms with E-state index >= 15 is 0 Å². The number of ether oxygens (including phenoxy) is 1. The Morgan fingerprint density at radius 2 is 1.73 bits per heavy atom. The highest BCUT2D eigenvalue weighted by Gasteiger charge is 2.47. The predicted molar refractivity (Wildman–Crippen MR) is 179 cm³/mol. The summed E-state index contributed by atoms with van der Waals surface area (Å²) in [5, 5.41) is 35.2. The molecule has 2 aromatic rings. The summed E-state index contributed by atoms with van der Waals surface area (Å²) in [5.74, 6) is -1.31. The van der Waals surface area contributed by atoms with E-state index in [1.807, 2.05) is 0 Å². The van der Waals surface area contributed by atoms with Crippen molar-refractivity contribution in [3.63, 3.8) is 0 Å². The molecule has 3 heterocycles. The molecule has 312 valence electrons. The molecule has 3 rings (SSSR count). The Morgan fingerprint density at radius 3 is 2.38 bits per heavy atom. The monoisotopic (exact) mass is 863 g/mol. The largest absolute Gasteiger partial charge is 0.790 e. The number of nitrogens with two attached hydrogens (primary N) is 1. The lowest BCUT2D eigenvalue weighted by Gasteiger charge is -2.36. The fourth-order valence-electron chi connectivity index (χ4n) is 4.67. The van der Waals surface area contributed by atoms with Gasteiger partial charge in [0, 0.05) is 37.1 Å². The van der Waals surface area contributed by atoms with Gasteiger partial charge in [0.15, 0.2) is 22.8 Å². The molecule has 29 heteroatoms. The maximum Gasteiger partial charge on any atom is 0.274 e. The van der Waals surface area contributed by atoms with Gasteiger partial charge in [-0.25, -0.2) is 19.3 Å². The van der Waals surface area contributed by atoms with Crippen molar-refractivity contribution in [3.8, 4) is 0 Å². The van der Waals surface area contributed by atoms with Gasteiger partial charge in [-0.15, -0.1) is 0 Å². The number of carbonyl (C=O) groups excluding carboxylic acids is 3. The molecule has 1 aliphatic heterocycles. The van der Waals surface area contributed by atoms with E-state index in [0.29, 0.717) is 6.42 Å². The molecule has 2 aromatic heterocycles. The Kier molecular flexibility index (Phi) is 16.9. The molecule has 0 spiro atoms. The van der Waals surface area contributed by atoms with Crippen molar-refractivity contribution in [3.05, 3.63) is 12.7 Å². The molecule has 1 fully saturated rings. The Morgan fingerprint density at radius 1 is 1.05 bits per heavy atom. The molecule has 55 heavy (non-hydrogen) atoms. The molecule has 0 aliphatic carbocycles. The first-order valence-electron chi connectivity index (χ1n) is 16.1. The second kappa shape index (κ2) is 19.8. The normalized spacial score (nSPS) is 22.4. The first-order chi connectivity index (χ1) is 25.4. The van der Waals surface area contributed by atoms with Gasteiger partial charge >= 0.3 is 0 Å². The molecule has 1 saturated heterocycles. The van der Waals surface area contributed by atoms with Crippen LogP contribution in [0.3, 0.4) is 0 Å². The molecule has 7 N–H and O–H groups in total. The van der Waals surface area contributed by atoms with Crippen molar-refractivity contribution in [2.45, 2.75) is 76.8 Å². The summed E-state index contributed by atoms with van der Waals surface area (Å²) in [4.78, 5) is 95.5. The topological polar surface area (TPSA) is 395 Å². The predicted octanol–water partition coefficient (Wildman–Crippen LogP) is -3.70. The molecule has 8 atom stereocenters. The van der Waals surface area contributed by atoms with E-state index in [-0.39, 0.29) is 53.8 Å². The fourth-order valence-corrected chi connectivity index (χ4v) is 8.10. The minimum absolute atomic E-state index is 0.0253. The Labute approximate surface area is 317 Å². The van der Waals surface area contributed by atoms with E-state index in [1.54, 1.807) is 6.92 Å². The lowest BCUT2D eigenvalue weighted by Crippen LogP contribution is -2.46. The van der Waals surface area contributed by atoms with Crippen LogP contribution in [0.1, 0.15) is 46.3 Å². The van der Waals surface area contributed by atoms with Crippen LogP contribution in [0.15, 0.2) is 12.7 Å². The molecule has 3 unspecified atom stereocenters. The van der Waals surface area contributed by atoms with Gasteiger partial charge in [-0.05, 0) is 13.3 Å². The second-order valence-electron chi connectivity index (χ2n) is 12.6. The summed E-state index contributed by atoms with van der Waals surface area (Å²) in [6.45, 7) is 1.56. The number of nitrogen functional groups attached to an aromatic ring is 1. The number of fused-ring (bicyclic) bond motifs is 1. The average Bonchev–Trinajstić information content (AvgIpc) is 3.63. The van der Waals surface area contributed by atoms with E-state index in [4.69, 9.17) is 10.5 Å². The van der Waals surface area contributed by atoms with Crippen molar-refractivity contribution in [1.82, 2.24) is 30.2 Å². The number of aliphatic hydroxyl groups is 3. The standard InChI is InChI=1S/C26H44N7O18P3S/c1-14(34)4-5-17(36)55-9-8-28-16(35)6-7-29-24(39)21(38)26(2,3)11-48-54(45,46)51-53(43,44)47-10-15-20(50-52(40,41)42)19(37)25(49-15)33-13-32-18-22(27)30-12-31-23(18)33/h12-15,19-21,25,34,37-38H,4-11H2,1-3H3,(H,28,35)(H,29,39)(H,43,44)(H,45,46)(H2,27,30,31)(H2,40,41,42)/p-4/t14?,15-,19-,20-,21+,25-/m1/s1. The van der Waals surface area contributed by atoms with Crippen molar-refractivity contribution >= 4 is 69.1 Å². The summed E-state index contributed by atoms with van der Waals surface area (Å²) < 4.78 is 60.4. The third kappa shape index (κ3) is 14.8. The molecular formula is C26H40N7O18P3S-4. The van der Waals surface area contributed by atoms with Gasteiger partial charge in [0.25, 0.3) is 15.6 Å². The second-order valence-corrected chi connectivity index (χ2v) is 17.8. The number of phosphoric ester groups is 3. The van der Waals surface area contributed by atoms with Crippen LogP contribution in [0.25, 0.3) is 11.2 Å². The Bertz CT molecular complexity index is 1800. The van der Waals surface area contributed by atoms with Crippen LogP contribution < -0.4 is 35.9 Å². The maximum atomic E-state index is 12.5. The van der Waals surface area contributed by atoms with E-state index in [0.717, 1.165) is 29.0 Å². The number of nitrogens with zero attached hydrogens (tertiary/aromatic N) is 4. The SMILES string of the molecule is CC(O)CCC(=O)SCCNC(=O)CCNC(=O)[C@H](O)C(C)(C)COP(=O)([O-])OP(=O)([O-])OC[C@H]1O[C@@H](n2cnc3c(N)ncnc32)[C@H](O)[C@@H]1OP(=O)([O-])[O-]. The van der Waals surface area contributed by atoms with Gasteiger partial charge in [0.1, 0.15) is 36.3 Å². The first-order valence-corrected chi connectivity index (χ1v) is 21.4. The number of aliphatic hydroxyl groups excluding tert-OH is 3. The van der Waals surface area contributed by atoms with Crippen LogP contribution in [0.4, 0.5) is 5.82 Å². The molecular weight excluding hydrogens is 823 g/mol. The Balaban J connectivity index is 1.49. The third-order valence-corrected chi connectivity index (χ3v) is 11.5. The van der Waals surface area contributed by atoms with Crippen molar-refractivity contribution < 1.29 is 85.6 Å². The molecule has 0 bridgehead atoms. The number of rotatable bonds is 22. The van der Waals surface area contributed by atoms with Gasteiger partial charge in [0.05, 0.1) is 33.5 Å². The molecule has 0 saturated carbocycles. The quantitative estimate of drug-likeness (QED) is 0.0490. The van der Waals surface area contributed by atoms with Crippen LogP contribution in [0.5, 0.6) is 0 Å². The van der Waals surface area contributed by atoms with Crippen LogP contribution in [0.2, 0.25) is 0 Å². The number of phosphoric acid groups is 3. The summed E-state index contributed by atoms with van der Waals surface area (Å²) in [7, 11) is -17.6. The number of anilines is 1. The number of hydrogen-bond acceptors (Lipinski definition) is 23. The molecule has 1 aliphatic rings. The molecule has 0 radical (unpaired) electrons. The number of aromatic nitrogens is 4.